The Morgan fingerprint density at radius 3 is 2.92 bits per heavy atom. The van der Waals surface area contributed by atoms with Crippen molar-refractivity contribution in [3.8, 4) is 0 Å². The lowest BCUT2D eigenvalue weighted by Crippen LogP contribution is -2.58. The molecule has 3 rings (SSSR count). The van der Waals surface area contributed by atoms with Gasteiger partial charge in [0, 0.05) is 38.8 Å². The molecule has 2 fully saturated rings. The topological polar surface area (TPSA) is 15.7 Å². The van der Waals surface area contributed by atoms with Gasteiger partial charge < -0.3 is 4.74 Å². The SMILES string of the molecule is CC(=Cc1cccc(C(F)(F)F)c1)CN1CCN2CCOC[C@@H]2C1. The summed E-state index contributed by atoms with van der Waals surface area (Å²) in [4.78, 5) is 4.82. The predicted octanol–water partition coefficient (Wildman–Crippen LogP) is 3.13. The third kappa shape index (κ3) is 4.37. The van der Waals surface area contributed by atoms with Crippen LogP contribution in [0.3, 0.4) is 0 Å². The van der Waals surface area contributed by atoms with Crippen LogP contribution in [0.1, 0.15) is 18.1 Å². The van der Waals surface area contributed by atoms with Gasteiger partial charge in [-0.3, -0.25) is 9.80 Å². The average molecular weight is 340 g/mol. The molecule has 1 aromatic rings. The van der Waals surface area contributed by atoms with Crippen molar-refractivity contribution in [3.05, 3.63) is 41.0 Å². The van der Waals surface area contributed by atoms with Gasteiger partial charge in [-0.1, -0.05) is 23.8 Å². The maximum atomic E-state index is 12.8. The van der Waals surface area contributed by atoms with Gasteiger partial charge in [-0.25, -0.2) is 0 Å². The number of alkyl halides is 3. The molecule has 0 unspecified atom stereocenters. The van der Waals surface area contributed by atoms with E-state index in [1.807, 2.05) is 13.0 Å². The normalized spacial score (nSPS) is 24.0. The third-order valence-corrected chi connectivity index (χ3v) is 4.62. The first-order chi connectivity index (χ1) is 11.4. The Bertz CT molecular complexity index is 600. The van der Waals surface area contributed by atoms with E-state index in [4.69, 9.17) is 4.74 Å². The lowest BCUT2D eigenvalue weighted by atomic mass is 10.1. The molecule has 6 heteroatoms. The summed E-state index contributed by atoms with van der Waals surface area (Å²) >= 11 is 0. The number of ether oxygens (including phenoxy) is 1. The number of piperazine rings is 1. The number of morpholine rings is 1. The summed E-state index contributed by atoms with van der Waals surface area (Å²) in [5, 5.41) is 0. The zero-order valence-electron chi connectivity index (χ0n) is 13.9. The molecule has 0 N–H and O–H groups in total. The van der Waals surface area contributed by atoms with Crippen LogP contribution in [0.2, 0.25) is 0 Å². The van der Waals surface area contributed by atoms with Crippen LogP contribution in [0.25, 0.3) is 6.08 Å². The lowest BCUT2D eigenvalue weighted by molar-refractivity contribution is -0.137. The van der Waals surface area contributed by atoms with Crippen LogP contribution in [-0.4, -0.2) is 61.8 Å². The fourth-order valence-corrected chi connectivity index (χ4v) is 3.44. The molecule has 0 bridgehead atoms. The maximum Gasteiger partial charge on any atom is 0.416 e. The number of hydrogen-bond acceptors (Lipinski definition) is 3. The Hall–Kier alpha value is -1.37. The second-order valence-electron chi connectivity index (χ2n) is 6.61. The summed E-state index contributed by atoms with van der Waals surface area (Å²) in [7, 11) is 0. The molecule has 0 aromatic heterocycles. The number of nitrogens with zero attached hydrogens (tertiary/aromatic N) is 2. The van der Waals surface area contributed by atoms with Gasteiger partial charge in [-0.15, -0.1) is 0 Å². The molecule has 2 heterocycles. The summed E-state index contributed by atoms with van der Waals surface area (Å²) in [5.74, 6) is 0. The monoisotopic (exact) mass is 340 g/mol. The van der Waals surface area contributed by atoms with Crippen molar-refractivity contribution < 1.29 is 17.9 Å². The van der Waals surface area contributed by atoms with Gasteiger partial charge in [-0.05, 0) is 24.6 Å². The zero-order chi connectivity index (χ0) is 17.2. The van der Waals surface area contributed by atoms with Crippen molar-refractivity contribution in [1.29, 1.82) is 0 Å². The molecule has 2 aliphatic rings. The van der Waals surface area contributed by atoms with Gasteiger partial charge in [-0.2, -0.15) is 13.2 Å². The highest BCUT2D eigenvalue weighted by Crippen LogP contribution is 2.30. The summed E-state index contributed by atoms with van der Waals surface area (Å²) in [6.07, 6.45) is -2.45. The Balaban J connectivity index is 1.62. The minimum atomic E-state index is -4.30. The Labute approximate surface area is 140 Å². The highest BCUT2D eigenvalue weighted by molar-refractivity contribution is 5.54. The molecule has 3 nitrogen and oxygen atoms in total. The average Bonchev–Trinajstić information content (AvgIpc) is 2.54. The Morgan fingerprint density at radius 2 is 2.12 bits per heavy atom. The van der Waals surface area contributed by atoms with Crippen molar-refractivity contribution in [3.63, 3.8) is 0 Å². The maximum absolute atomic E-state index is 12.8. The highest BCUT2D eigenvalue weighted by atomic mass is 19.4. The van der Waals surface area contributed by atoms with E-state index in [2.05, 4.69) is 9.80 Å². The molecule has 0 aliphatic carbocycles. The van der Waals surface area contributed by atoms with E-state index in [1.54, 1.807) is 6.07 Å². The molecular weight excluding hydrogens is 317 g/mol. The molecule has 0 radical (unpaired) electrons. The fraction of sp³-hybridized carbons (Fsp3) is 0.556. The van der Waals surface area contributed by atoms with E-state index in [0.29, 0.717) is 11.6 Å². The molecule has 2 aliphatic heterocycles. The zero-order valence-corrected chi connectivity index (χ0v) is 13.9. The second kappa shape index (κ2) is 7.25. The second-order valence-corrected chi connectivity index (χ2v) is 6.61. The van der Waals surface area contributed by atoms with Gasteiger partial charge in [0.05, 0.1) is 18.8 Å². The molecular formula is C18H23F3N2O. The smallest absolute Gasteiger partial charge is 0.378 e. The van der Waals surface area contributed by atoms with E-state index in [1.165, 1.54) is 12.1 Å². The van der Waals surface area contributed by atoms with E-state index in [0.717, 1.165) is 57.6 Å². The van der Waals surface area contributed by atoms with Crippen LogP contribution in [0.4, 0.5) is 13.2 Å². The molecule has 0 saturated carbocycles. The molecule has 132 valence electrons. The minimum Gasteiger partial charge on any atom is -0.378 e. The number of hydrogen-bond donors (Lipinski definition) is 0. The predicted molar refractivity (Wildman–Crippen MR) is 87.7 cm³/mol. The largest absolute Gasteiger partial charge is 0.416 e. The van der Waals surface area contributed by atoms with Crippen molar-refractivity contribution in [2.45, 2.75) is 19.1 Å². The minimum absolute atomic E-state index is 0.439. The van der Waals surface area contributed by atoms with Crippen LogP contribution in [0.15, 0.2) is 29.8 Å². The first-order valence-electron chi connectivity index (χ1n) is 8.30. The van der Waals surface area contributed by atoms with Crippen LogP contribution >= 0.6 is 0 Å². The third-order valence-electron chi connectivity index (χ3n) is 4.62. The number of rotatable bonds is 3. The van der Waals surface area contributed by atoms with E-state index >= 15 is 0 Å². The van der Waals surface area contributed by atoms with Gasteiger partial charge in [0.1, 0.15) is 0 Å². The van der Waals surface area contributed by atoms with E-state index < -0.39 is 11.7 Å². The Morgan fingerprint density at radius 1 is 1.29 bits per heavy atom. The summed E-state index contributed by atoms with van der Waals surface area (Å²) < 4.78 is 43.9. The van der Waals surface area contributed by atoms with Gasteiger partial charge in [0.15, 0.2) is 0 Å². The Kier molecular flexibility index (Phi) is 5.27. The van der Waals surface area contributed by atoms with E-state index in [9.17, 15) is 13.2 Å². The summed E-state index contributed by atoms with van der Waals surface area (Å²) in [6, 6.07) is 5.92. The molecule has 1 atom stereocenters. The van der Waals surface area contributed by atoms with Gasteiger partial charge in [0.2, 0.25) is 0 Å². The standard InChI is InChI=1S/C18H23F3N2O/c1-14(9-15-3-2-4-16(10-15)18(19,20)21)11-22-5-6-23-7-8-24-13-17(23)12-22/h2-4,9-10,17H,5-8,11-13H2,1H3/t17-/m0/s1. The van der Waals surface area contributed by atoms with Crippen molar-refractivity contribution in [1.82, 2.24) is 9.80 Å². The first kappa shape index (κ1) is 17.5. The van der Waals surface area contributed by atoms with Gasteiger partial charge in [0.25, 0.3) is 0 Å². The summed E-state index contributed by atoms with van der Waals surface area (Å²) in [6.45, 7) is 8.31. The molecule has 0 spiro atoms. The van der Waals surface area contributed by atoms with Crippen molar-refractivity contribution >= 4 is 6.08 Å². The molecule has 1 aromatic carbocycles. The van der Waals surface area contributed by atoms with E-state index in [-0.39, 0.29) is 0 Å². The quantitative estimate of drug-likeness (QED) is 0.841. The van der Waals surface area contributed by atoms with Crippen LogP contribution in [0, 0.1) is 0 Å². The van der Waals surface area contributed by atoms with Crippen molar-refractivity contribution in [2.24, 2.45) is 0 Å². The fourth-order valence-electron chi connectivity index (χ4n) is 3.44. The van der Waals surface area contributed by atoms with Crippen LogP contribution < -0.4 is 0 Å². The molecule has 2 saturated heterocycles. The summed E-state index contributed by atoms with van der Waals surface area (Å²) in [5.41, 5.74) is 1.07. The lowest BCUT2D eigenvalue weighted by Gasteiger charge is -2.43. The van der Waals surface area contributed by atoms with Gasteiger partial charge >= 0.3 is 6.18 Å². The molecule has 24 heavy (non-hydrogen) atoms. The number of halogens is 3. The number of benzene rings is 1. The van der Waals surface area contributed by atoms with Crippen LogP contribution in [-0.2, 0) is 10.9 Å². The highest BCUT2D eigenvalue weighted by Gasteiger charge is 2.30. The molecule has 0 amide bonds. The van der Waals surface area contributed by atoms with Crippen molar-refractivity contribution in [2.75, 3.05) is 45.9 Å². The first-order valence-corrected chi connectivity index (χ1v) is 8.30. The number of fused-ring (bicyclic) bond motifs is 1. The van der Waals surface area contributed by atoms with Crippen LogP contribution in [0.5, 0.6) is 0 Å².